The molecule has 1 amide bonds. The van der Waals surface area contributed by atoms with Gasteiger partial charge < -0.3 is 4.90 Å². The van der Waals surface area contributed by atoms with E-state index in [0.29, 0.717) is 24.2 Å². The molecule has 7 heteroatoms. The summed E-state index contributed by atoms with van der Waals surface area (Å²) in [5.74, 6) is 1.52. The fraction of sp³-hybridized carbons (Fsp3) is 0.611. The Hall–Kier alpha value is -2.31. The topological polar surface area (TPSA) is 76.8 Å². The molecule has 0 aromatic carbocycles. The lowest BCUT2D eigenvalue weighted by atomic mass is 9.78. The normalized spacial score (nSPS) is 23.3. The molecule has 3 heterocycles. The van der Waals surface area contributed by atoms with Crippen molar-refractivity contribution in [2.75, 3.05) is 6.54 Å². The summed E-state index contributed by atoms with van der Waals surface area (Å²) >= 11 is 0. The quantitative estimate of drug-likeness (QED) is 0.849. The van der Waals surface area contributed by atoms with Crippen LogP contribution in [0.5, 0.6) is 0 Å². The zero-order valence-electron chi connectivity index (χ0n) is 14.4. The summed E-state index contributed by atoms with van der Waals surface area (Å²) < 4.78 is 1.63. The number of nitrogens with zero attached hydrogens (tertiary/aromatic N) is 6. The van der Waals surface area contributed by atoms with Crippen LogP contribution in [0.15, 0.2) is 24.4 Å². The van der Waals surface area contributed by atoms with Crippen molar-refractivity contribution in [2.45, 2.75) is 57.5 Å². The van der Waals surface area contributed by atoms with E-state index in [-0.39, 0.29) is 12.5 Å². The van der Waals surface area contributed by atoms with Gasteiger partial charge in [-0.2, -0.15) is 0 Å². The molecule has 4 rings (SSSR count). The maximum atomic E-state index is 12.9. The first-order chi connectivity index (χ1) is 12.3. The van der Waals surface area contributed by atoms with E-state index >= 15 is 0 Å². The average molecular weight is 340 g/mol. The molecule has 2 aromatic heterocycles. The lowest BCUT2D eigenvalue weighted by Gasteiger charge is -2.44. The van der Waals surface area contributed by atoms with Crippen molar-refractivity contribution in [3.8, 4) is 0 Å². The standard InChI is InChI=1S/C18H24N6O/c25-18(23-11-5-7-14-6-1-2-9-16(14)23)13-24-17(20-21-22-24)12-15-8-3-4-10-19-15/h3-4,8,10,14,16H,1-2,5-7,9,11-13H2/t14-,16+/m0/s1. The maximum absolute atomic E-state index is 12.9. The molecule has 2 fully saturated rings. The van der Waals surface area contributed by atoms with Crippen LogP contribution in [0, 0.1) is 5.92 Å². The number of pyridine rings is 1. The fourth-order valence-corrected chi connectivity index (χ4v) is 4.29. The van der Waals surface area contributed by atoms with Crippen molar-refractivity contribution in [1.82, 2.24) is 30.1 Å². The molecule has 25 heavy (non-hydrogen) atoms. The first-order valence-corrected chi connectivity index (χ1v) is 9.25. The van der Waals surface area contributed by atoms with Crippen molar-refractivity contribution < 1.29 is 4.79 Å². The first-order valence-electron chi connectivity index (χ1n) is 9.25. The minimum absolute atomic E-state index is 0.145. The molecule has 2 aromatic rings. The zero-order valence-corrected chi connectivity index (χ0v) is 14.4. The van der Waals surface area contributed by atoms with Crippen LogP contribution in [0.3, 0.4) is 0 Å². The lowest BCUT2D eigenvalue weighted by Crippen LogP contribution is -2.50. The van der Waals surface area contributed by atoms with E-state index in [1.807, 2.05) is 18.2 Å². The van der Waals surface area contributed by atoms with E-state index < -0.39 is 0 Å². The molecule has 0 unspecified atom stereocenters. The molecule has 0 N–H and O–H groups in total. The second-order valence-corrected chi connectivity index (χ2v) is 7.09. The number of carbonyl (C=O) groups excluding carboxylic acids is 1. The summed E-state index contributed by atoms with van der Waals surface area (Å²) in [4.78, 5) is 19.3. The van der Waals surface area contributed by atoms with Crippen molar-refractivity contribution in [1.29, 1.82) is 0 Å². The summed E-state index contributed by atoms with van der Waals surface area (Å²) in [6.45, 7) is 1.09. The van der Waals surface area contributed by atoms with Crippen LogP contribution in [0.25, 0.3) is 0 Å². The van der Waals surface area contributed by atoms with Gasteiger partial charge in [-0.25, -0.2) is 4.68 Å². The van der Waals surface area contributed by atoms with E-state index in [9.17, 15) is 4.79 Å². The number of hydrogen-bond donors (Lipinski definition) is 0. The largest absolute Gasteiger partial charge is 0.338 e. The number of amides is 1. The molecule has 2 aliphatic rings. The summed E-state index contributed by atoms with van der Waals surface area (Å²) in [5, 5.41) is 11.9. The Morgan fingerprint density at radius 1 is 1.16 bits per heavy atom. The fourth-order valence-electron chi connectivity index (χ4n) is 4.29. The van der Waals surface area contributed by atoms with Gasteiger partial charge in [0, 0.05) is 24.5 Å². The van der Waals surface area contributed by atoms with Gasteiger partial charge in [0.05, 0.1) is 6.42 Å². The summed E-state index contributed by atoms with van der Waals surface area (Å²) in [6, 6.07) is 6.19. The molecule has 1 aliphatic carbocycles. The van der Waals surface area contributed by atoms with E-state index in [1.54, 1.807) is 10.9 Å². The number of rotatable bonds is 4. The van der Waals surface area contributed by atoms with Gasteiger partial charge in [0.25, 0.3) is 0 Å². The molecule has 0 spiro atoms. The SMILES string of the molecule is O=C(Cn1nnnc1Cc1ccccn1)N1CCC[C@@H]2CCCC[C@H]21. The Bertz CT molecular complexity index is 713. The molecule has 0 bridgehead atoms. The second kappa shape index (κ2) is 7.29. The van der Waals surface area contributed by atoms with Crippen molar-refractivity contribution in [3.05, 3.63) is 35.9 Å². The van der Waals surface area contributed by atoms with Crippen molar-refractivity contribution >= 4 is 5.91 Å². The average Bonchev–Trinajstić information content (AvgIpc) is 3.08. The minimum Gasteiger partial charge on any atom is -0.338 e. The van der Waals surface area contributed by atoms with E-state index in [4.69, 9.17) is 0 Å². The van der Waals surface area contributed by atoms with Gasteiger partial charge in [0.15, 0.2) is 5.82 Å². The molecular weight excluding hydrogens is 316 g/mol. The van der Waals surface area contributed by atoms with Crippen LogP contribution in [-0.2, 0) is 17.8 Å². The number of hydrogen-bond acceptors (Lipinski definition) is 5. The Morgan fingerprint density at radius 3 is 2.92 bits per heavy atom. The highest BCUT2D eigenvalue weighted by molar-refractivity contribution is 5.76. The highest BCUT2D eigenvalue weighted by atomic mass is 16.2. The molecule has 7 nitrogen and oxygen atoms in total. The van der Waals surface area contributed by atoms with Gasteiger partial charge >= 0.3 is 0 Å². The predicted molar refractivity (Wildman–Crippen MR) is 91.6 cm³/mol. The third-order valence-electron chi connectivity index (χ3n) is 5.52. The second-order valence-electron chi connectivity index (χ2n) is 7.09. The van der Waals surface area contributed by atoms with E-state index in [1.165, 1.54) is 25.7 Å². The Balaban J connectivity index is 1.45. The Kier molecular flexibility index (Phi) is 4.72. The third-order valence-corrected chi connectivity index (χ3v) is 5.52. The molecule has 2 atom stereocenters. The maximum Gasteiger partial charge on any atom is 0.244 e. The Labute approximate surface area is 147 Å². The van der Waals surface area contributed by atoms with Crippen LogP contribution < -0.4 is 0 Å². The van der Waals surface area contributed by atoms with Crippen LogP contribution in [0.2, 0.25) is 0 Å². The van der Waals surface area contributed by atoms with Crippen LogP contribution in [-0.4, -0.2) is 48.6 Å². The molecule has 1 aliphatic heterocycles. The molecule has 1 saturated carbocycles. The smallest absolute Gasteiger partial charge is 0.244 e. The van der Waals surface area contributed by atoms with Gasteiger partial charge in [0.2, 0.25) is 5.91 Å². The number of aromatic nitrogens is 5. The van der Waals surface area contributed by atoms with Gasteiger partial charge in [-0.1, -0.05) is 18.9 Å². The number of fused-ring (bicyclic) bond motifs is 1. The zero-order chi connectivity index (χ0) is 17.1. The summed E-state index contributed by atoms with van der Waals surface area (Å²) in [5.41, 5.74) is 0.899. The van der Waals surface area contributed by atoms with Gasteiger partial charge in [-0.3, -0.25) is 9.78 Å². The number of carbonyl (C=O) groups is 1. The van der Waals surface area contributed by atoms with E-state index in [2.05, 4.69) is 25.4 Å². The summed E-state index contributed by atoms with van der Waals surface area (Å²) in [7, 11) is 0. The van der Waals surface area contributed by atoms with Gasteiger partial charge in [-0.05, 0) is 54.2 Å². The lowest BCUT2D eigenvalue weighted by molar-refractivity contribution is -0.138. The highest BCUT2D eigenvalue weighted by Crippen LogP contribution is 2.35. The number of tetrazole rings is 1. The highest BCUT2D eigenvalue weighted by Gasteiger charge is 2.35. The monoisotopic (exact) mass is 340 g/mol. The predicted octanol–water partition coefficient (Wildman–Crippen LogP) is 1.84. The van der Waals surface area contributed by atoms with Crippen LogP contribution in [0.4, 0.5) is 0 Å². The van der Waals surface area contributed by atoms with Crippen LogP contribution >= 0.6 is 0 Å². The molecule has 0 radical (unpaired) electrons. The minimum atomic E-state index is 0.145. The van der Waals surface area contributed by atoms with Crippen LogP contribution in [0.1, 0.15) is 50.0 Å². The summed E-state index contributed by atoms with van der Waals surface area (Å²) in [6.07, 6.45) is 9.63. The first kappa shape index (κ1) is 16.2. The number of piperidine rings is 1. The third kappa shape index (κ3) is 3.55. The molecule has 1 saturated heterocycles. The molecule has 132 valence electrons. The van der Waals surface area contributed by atoms with Gasteiger partial charge in [-0.15, -0.1) is 5.10 Å². The van der Waals surface area contributed by atoms with Crippen molar-refractivity contribution in [3.63, 3.8) is 0 Å². The van der Waals surface area contributed by atoms with Crippen molar-refractivity contribution in [2.24, 2.45) is 5.92 Å². The number of likely N-dealkylation sites (tertiary alicyclic amines) is 1. The molecular formula is C18H24N6O. The van der Waals surface area contributed by atoms with E-state index in [0.717, 1.165) is 25.1 Å². The van der Waals surface area contributed by atoms with Gasteiger partial charge in [0.1, 0.15) is 6.54 Å². The Morgan fingerprint density at radius 2 is 2.04 bits per heavy atom.